The molecular weight excluding hydrogens is 313 g/mol. The third-order valence-electron chi connectivity index (χ3n) is 4.10. The molecule has 0 aliphatic carbocycles. The highest BCUT2D eigenvalue weighted by Gasteiger charge is 2.30. The zero-order valence-electron chi connectivity index (χ0n) is 13.1. The molecule has 1 aliphatic heterocycles. The minimum atomic E-state index is -0.611. The van der Waals surface area contributed by atoms with Crippen LogP contribution in [0.1, 0.15) is 16.8 Å². The summed E-state index contributed by atoms with van der Waals surface area (Å²) < 4.78 is 18.6. The molecule has 0 bridgehead atoms. The first-order valence-corrected chi connectivity index (χ1v) is 7.72. The maximum atomic E-state index is 13.3. The number of nitrogens with one attached hydrogen (secondary N) is 1. The van der Waals surface area contributed by atoms with Gasteiger partial charge in [0.05, 0.1) is 24.1 Å². The molecule has 1 aliphatic rings. The van der Waals surface area contributed by atoms with Crippen LogP contribution in [0.5, 0.6) is 0 Å². The first-order chi connectivity index (χ1) is 11.7. The maximum Gasteiger partial charge on any atom is 0.320 e. The van der Waals surface area contributed by atoms with Crippen molar-refractivity contribution in [2.45, 2.75) is 25.6 Å². The second-order valence-corrected chi connectivity index (χ2v) is 5.72. The number of carbonyl (C=O) groups is 1. The molecule has 1 atom stereocenters. The lowest BCUT2D eigenvalue weighted by Crippen LogP contribution is -2.46. The first-order valence-electron chi connectivity index (χ1n) is 7.72. The van der Waals surface area contributed by atoms with E-state index in [1.54, 1.807) is 4.90 Å². The Morgan fingerprint density at radius 2 is 2.17 bits per heavy atom. The highest BCUT2D eigenvalue weighted by Crippen LogP contribution is 2.19. The van der Waals surface area contributed by atoms with Gasteiger partial charge in [0.15, 0.2) is 0 Å². The number of esters is 1. The highest BCUT2D eigenvalue weighted by molar-refractivity contribution is 5.71. The van der Waals surface area contributed by atoms with Crippen LogP contribution in [0.25, 0.3) is 0 Å². The van der Waals surface area contributed by atoms with Gasteiger partial charge >= 0.3 is 5.97 Å². The summed E-state index contributed by atoms with van der Waals surface area (Å²) in [7, 11) is 0. The second kappa shape index (κ2) is 7.35. The van der Waals surface area contributed by atoms with Gasteiger partial charge in [-0.15, -0.1) is 0 Å². The van der Waals surface area contributed by atoms with Crippen LogP contribution in [0.3, 0.4) is 0 Å². The van der Waals surface area contributed by atoms with E-state index < -0.39 is 18.7 Å². The van der Waals surface area contributed by atoms with E-state index in [9.17, 15) is 14.0 Å². The van der Waals surface area contributed by atoms with Crippen molar-refractivity contribution in [1.82, 2.24) is 14.9 Å². The highest BCUT2D eigenvalue weighted by atomic mass is 19.1. The van der Waals surface area contributed by atoms with E-state index in [4.69, 9.17) is 4.74 Å². The van der Waals surface area contributed by atoms with E-state index in [1.165, 1.54) is 6.33 Å². The maximum absolute atomic E-state index is 13.3. The summed E-state index contributed by atoms with van der Waals surface area (Å²) in [6.45, 7) is -0.310. The zero-order valence-corrected chi connectivity index (χ0v) is 13.1. The van der Waals surface area contributed by atoms with Crippen molar-refractivity contribution < 1.29 is 13.9 Å². The Hall–Kier alpha value is -2.54. The molecule has 7 heteroatoms. The summed E-state index contributed by atoms with van der Waals surface area (Å²) in [6, 6.07) is 8.86. The van der Waals surface area contributed by atoms with Crippen LogP contribution in [0.2, 0.25) is 0 Å². The van der Waals surface area contributed by atoms with Gasteiger partial charge in [0.25, 0.3) is 5.56 Å². The Bertz CT molecular complexity index is 763. The summed E-state index contributed by atoms with van der Waals surface area (Å²) in [5.74, 6) is -0.443. The second-order valence-electron chi connectivity index (χ2n) is 5.72. The van der Waals surface area contributed by atoms with Gasteiger partial charge in [-0.1, -0.05) is 30.3 Å². The molecule has 1 N–H and O–H groups in total. The summed E-state index contributed by atoms with van der Waals surface area (Å²) in [4.78, 5) is 32.2. The number of fused-ring (bicyclic) bond motifs is 1. The number of carbonyl (C=O) groups excluding carboxylic acids is 1. The average molecular weight is 331 g/mol. The third kappa shape index (κ3) is 3.68. The molecular formula is C17H18FN3O3. The molecule has 0 spiro atoms. The van der Waals surface area contributed by atoms with Gasteiger partial charge in [0.1, 0.15) is 13.3 Å². The summed E-state index contributed by atoms with van der Waals surface area (Å²) >= 11 is 0. The van der Waals surface area contributed by atoms with Gasteiger partial charge in [-0.05, 0) is 5.56 Å². The molecule has 0 radical (unpaired) electrons. The number of nitrogens with zero attached hydrogens (tertiary/aromatic N) is 2. The van der Waals surface area contributed by atoms with Gasteiger partial charge in [-0.25, -0.2) is 9.37 Å². The Labute approximate surface area is 138 Å². The van der Waals surface area contributed by atoms with E-state index in [0.717, 1.165) is 5.56 Å². The molecule has 0 saturated carbocycles. The Morgan fingerprint density at radius 3 is 2.92 bits per heavy atom. The first kappa shape index (κ1) is 16.3. The number of alkyl halides is 1. The monoisotopic (exact) mass is 331 g/mol. The summed E-state index contributed by atoms with van der Waals surface area (Å²) in [5, 5.41) is 0. The van der Waals surface area contributed by atoms with Crippen molar-refractivity contribution in [2.75, 3.05) is 13.2 Å². The van der Waals surface area contributed by atoms with Gasteiger partial charge in [-0.3, -0.25) is 14.5 Å². The van der Waals surface area contributed by atoms with Crippen LogP contribution in [0.15, 0.2) is 41.5 Å². The quantitative estimate of drug-likeness (QED) is 0.834. The van der Waals surface area contributed by atoms with Gasteiger partial charge < -0.3 is 9.72 Å². The smallest absolute Gasteiger partial charge is 0.320 e. The van der Waals surface area contributed by atoms with E-state index in [1.807, 2.05) is 30.3 Å². The van der Waals surface area contributed by atoms with Crippen molar-refractivity contribution in [3.8, 4) is 0 Å². The molecule has 1 unspecified atom stereocenters. The third-order valence-corrected chi connectivity index (χ3v) is 4.10. The van der Waals surface area contributed by atoms with E-state index in [-0.39, 0.29) is 25.3 Å². The molecule has 0 amide bonds. The van der Waals surface area contributed by atoms with Crippen molar-refractivity contribution in [3.05, 3.63) is 63.8 Å². The topological polar surface area (TPSA) is 75.3 Å². The molecule has 0 fully saturated rings. The molecule has 24 heavy (non-hydrogen) atoms. The van der Waals surface area contributed by atoms with Crippen LogP contribution in [-0.2, 0) is 29.1 Å². The fourth-order valence-electron chi connectivity index (χ4n) is 2.78. The molecule has 3 rings (SSSR count). The number of ether oxygens (including phenoxy) is 1. The number of halogens is 1. The summed E-state index contributed by atoms with van der Waals surface area (Å²) in [6.07, 6.45) is 1.63. The number of benzene rings is 1. The Morgan fingerprint density at radius 1 is 1.38 bits per heavy atom. The SMILES string of the molecule is O=C(CN1Cc2c(nc[nH]c2=O)CC1CF)OCc1ccccc1. The number of aromatic nitrogens is 2. The molecule has 6 nitrogen and oxygen atoms in total. The molecule has 0 saturated heterocycles. The van der Waals surface area contributed by atoms with Crippen molar-refractivity contribution in [3.63, 3.8) is 0 Å². The van der Waals surface area contributed by atoms with Gasteiger partial charge in [0, 0.05) is 19.0 Å². The summed E-state index contributed by atoms with van der Waals surface area (Å²) in [5.41, 5.74) is 1.71. The van der Waals surface area contributed by atoms with Crippen molar-refractivity contribution in [2.24, 2.45) is 0 Å². The molecule has 1 aromatic carbocycles. The van der Waals surface area contributed by atoms with Crippen molar-refractivity contribution >= 4 is 5.97 Å². The van der Waals surface area contributed by atoms with Crippen molar-refractivity contribution in [1.29, 1.82) is 0 Å². The average Bonchev–Trinajstić information content (AvgIpc) is 2.61. The predicted octanol–water partition coefficient (Wildman–Crippen LogP) is 1.21. The fraction of sp³-hybridized carbons (Fsp3) is 0.353. The van der Waals surface area contributed by atoms with Crippen LogP contribution < -0.4 is 5.56 Å². The number of rotatable bonds is 5. The number of aromatic amines is 1. The largest absolute Gasteiger partial charge is 0.460 e. The minimum absolute atomic E-state index is 0.0603. The number of hydrogen-bond donors (Lipinski definition) is 1. The standard InChI is InChI=1S/C17H18FN3O3/c18-7-13-6-15-14(17(23)20-11-19-15)8-21(13)9-16(22)24-10-12-4-2-1-3-5-12/h1-5,11,13H,6-10H2,(H,19,20,23). The molecule has 1 aromatic heterocycles. The lowest BCUT2D eigenvalue weighted by molar-refractivity contribution is -0.147. The van der Waals surface area contributed by atoms with Crippen LogP contribution in [-0.4, -0.2) is 40.1 Å². The Balaban J connectivity index is 1.64. The van der Waals surface area contributed by atoms with Gasteiger partial charge in [0.2, 0.25) is 0 Å². The Kier molecular flexibility index (Phi) is 5.00. The van der Waals surface area contributed by atoms with Gasteiger partial charge in [-0.2, -0.15) is 0 Å². The predicted molar refractivity (Wildman–Crippen MR) is 85.0 cm³/mol. The number of hydrogen-bond acceptors (Lipinski definition) is 5. The fourth-order valence-corrected chi connectivity index (χ4v) is 2.78. The van der Waals surface area contributed by atoms with E-state index in [2.05, 4.69) is 9.97 Å². The molecule has 126 valence electrons. The molecule has 2 aromatic rings. The number of H-pyrrole nitrogens is 1. The van der Waals surface area contributed by atoms with E-state index >= 15 is 0 Å². The zero-order chi connectivity index (χ0) is 16.9. The lowest BCUT2D eigenvalue weighted by atomic mass is 10.0. The van der Waals surface area contributed by atoms with Crippen LogP contribution >= 0.6 is 0 Å². The van der Waals surface area contributed by atoms with E-state index in [0.29, 0.717) is 17.7 Å². The van der Waals surface area contributed by atoms with Crippen LogP contribution in [0.4, 0.5) is 4.39 Å². The molecule has 2 heterocycles. The normalized spacial score (nSPS) is 17.3. The lowest BCUT2D eigenvalue weighted by Gasteiger charge is -2.33. The minimum Gasteiger partial charge on any atom is -0.460 e. The van der Waals surface area contributed by atoms with Crippen LogP contribution in [0, 0.1) is 0 Å².